The SMILES string of the molecule is CCNC(C)c1ccccc1NC(C)=O. The van der Waals surface area contributed by atoms with Crippen LogP contribution in [0, 0.1) is 0 Å². The van der Waals surface area contributed by atoms with E-state index in [1.807, 2.05) is 24.3 Å². The monoisotopic (exact) mass is 206 g/mol. The number of carbonyl (C=O) groups is 1. The summed E-state index contributed by atoms with van der Waals surface area (Å²) in [7, 11) is 0. The summed E-state index contributed by atoms with van der Waals surface area (Å²) in [6, 6.07) is 8.10. The molecule has 3 heteroatoms. The standard InChI is InChI=1S/C12H18N2O/c1-4-13-9(2)11-7-5-6-8-12(11)14-10(3)15/h5-9,13H,4H2,1-3H3,(H,14,15). The molecule has 0 aromatic heterocycles. The molecular formula is C12H18N2O. The van der Waals surface area contributed by atoms with Crippen LogP contribution in [0.2, 0.25) is 0 Å². The number of anilines is 1. The van der Waals surface area contributed by atoms with E-state index in [2.05, 4.69) is 24.5 Å². The molecule has 1 unspecified atom stereocenters. The minimum Gasteiger partial charge on any atom is -0.326 e. The molecule has 82 valence electrons. The van der Waals surface area contributed by atoms with Crippen molar-refractivity contribution in [3.05, 3.63) is 29.8 Å². The second-order valence-corrected chi connectivity index (χ2v) is 3.55. The van der Waals surface area contributed by atoms with Gasteiger partial charge in [0.2, 0.25) is 5.91 Å². The molecule has 0 saturated heterocycles. The minimum atomic E-state index is -0.0360. The lowest BCUT2D eigenvalue weighted by atomic mass is 10.1. The summed E-state index contributed by atoms with van der Waals surface area (Å²) in [5, 5.41) is 6.16. The topological polar surface area (TPSA) is 41.1 Å². The normalized spacial score (nSPS) is 12.2. The number of carbonyl (C=O) groups excluding carboxylic acids is 1. The van der Waals surface area contributed by atoms with E-state index >= 15 is 0 Å². The Hall–Kier alpha value is -1.35. The summed E-state index contributed by atoms with van der Waals surface area (Å²) in [6.45, 7) is 6.59. The van der Waals surface area contributed by atoms with E-state index in [0.29, 0.717) is 0 Å². The zero-order valence-electron chi connectivity index (χ0n) is 9.50. The number of hydrogen-bond acceptors (Lipinski definition) is 2. The van der Waals surface area contributed by atoms with Crippen molar-refractivity contribution in [2.24, 2.45) is 0 Å². The molecule has 1 aromatic rings. The van der Waals surface area contributed by atoms with Crippen molar-refractivity contribution in [3.63, 3.8) is 0 Å². The first-order valence-corrected chi connectivity index (χ1v) is 5.25. The second-order valence-electron chi connectivity index (χ2n) is 3.55. The van der Waals surface area contributed by atoms with Crippen molar-refractivity contribution in [1.82, 2.24) is 5.32 Å². The van der Waals surface area contributed by atoms with Crippen molar-refractivity contribution in [3.8, 4) is 0 Å². The fourth-order valence-corrected chi connectivity index (χ4v) is 1.59. The second kappa shape index (κ2) is 5.51. The molecule has 1 rings (SSSR count). The van der Waals surface area contributed by atoms with Crippen molar-refractivity contribution in [2.45, 2.75) is 26.8 Å². The summed E-state index contributed by atoms with van der Waals surface area (Å²) in [5.74, 6) is -0.0360. The Kier molecular flexibility index (Phi) is 4.31. The third kappa shape index (κ3) is 3.36. The Labute approximate surface area is 90.9 Å². The smallest absolute Gasteiger partial charge is 0.221 e. The number of para-hydroxylation sites is 1. The van der Waals surface area contributed by atoms with Crippen molar-refractivity contribution in [1.29, 1.82) is 0 Å². The first-order valence-electron chi connectivity index (χ1n) is 5.25. The van der Waals surface area contributed by atoms with Gasteiger partial charge in [0.1, 0.15) is 0 Å². The molecule has 0 spiro atoms. The van der Waals surface area contributed by atoms with Gasteiger partial charge in [-0.25, -0.2) is 0 Å². The van der Waals surface area contributed by atoms with Gasteiger partial charge in [-0.15, -0.1) is 0 Å². The van der Waals surface area contributed by atoms with Gasteiger partial charge in [0.15, 0.2) is 0 Å². The van der Waals surface area contributed by atoms with Gasteiger partial charge in [-0.05, 0) is 25.1 Å². The molecule has 0 aliphatic rings. The van der Waals surface area contributed by atoms with Crippen molar-refractivity contribution >= 4 is 11.6 Å². The maximum Gasteiger partial charge on any atom is 0.221 e. The Morgan fingerprint density at radius 2 is 2.07 bits per heavy atom. The quantitative estimate of drug-likeness (QED) is 0.793. The van der Waals surface area contributed by atoms with Crippen LogP contribution in [0.25, 0.3) is 0 Å². The molecule has 0 fully saturated rings. The summed E-state index contributed by atoms with van der Waals surface area (Å²) in [4.78, 5) is 11.0. The van der Waals surface area contributed by atoms with Crippen LogP contribution in [-0.4, -0.2) is 12.5 Å². The largest absolute Gasteiger partial charge is 0.326 e. The molecule has 0 radical (unpaired) electrons. The zero-order chi connectivity index (χ0) is 11.3. The van der Waals surface area contributed by atoms with E-state index in [4.69, 9.17) is 0 Å². The zero-order valence-corrected chi connectivity index (χ0v) is 9.50. The number of rotatable bonds is 4. The molecular weight excluding hydrogens is 188 g/mol. The van der Waals surface area contributed by atoms with Crippen LogP contribution in [0.1, 0.15) is 32.4 Å². The van der Waals surface area contributed by atoms with Crippen LogP contribution in [0.5, 0.6) is 0 Å². The fraction of sp³-hybridized carbons (Fsp3) is 0.417. The molecule has 0 bridgehead atoms. The highest BCUT2D eigenvalue weighted by atomic mass is 16.1. The number of amides is 1. The predicted octanol–water partition coefficient (Wildman–Crippen LogP) is 2.32. The lowest BCUT2D eigenvalue weighted by Crippen LogP contribution is -2.19. The van der Waals surface area contributed by atoms with Gasteiger partial charge in [0, 0.05) is 18.7 Å². The highest BCUT2D eigenvalue weighted by molar-refractivity contribution is 5.89. The number of nitrogens with one attached hydrogen (secondary N) is 2. The van der Waals surface area contributed by atoms with E-state index in [0.717, 1.165) is 17.8 Å². The lowest BCUT2D eigenvalue weighted by molar-refractivity contribution is -0.114. The van der Waals surface area contributed by atoms with Crippen LogP contribution in [0.15, 0.2) is 24.3 Å². The summed E-state index contributed by atoms with van der Waals surface area (Å²) < 4.78 is 0. The average Bonchev–Trinajstić information content (AvgIpc) is 2.18. The van der Waals surface area contributed by atoms with Gasteiger partial charge in [-0.1, -0.05) is 25.1 Å². The van der Waals surface area contributed by atoms with Gasteiger partial charge in [-0.3, -0.25) is 4.79 Å². The van der Waals surface area contributed by atoms with Crippen LogP contribution in [0.4, 0.5) is 5.69 Å². The third-order valence-electron chi connectivity index (χ3n) is 2.25. The van der Waals surface area contributed by atoms with E-state index in [1.165, 1.54) is 6.92 Å². The van der Waals surface area contributed by atoms with Gasteiger partial charge >= 0.3 is 0 Å². The van der Waals surface area contributed by atoms with Crippen molar-refractivity contribution in [2.75, 3.05) is 11.9 Å². The molecule has 0 aliphatic heterocycles. The van der Waals surface area contributed by atoms with Crippen LogP contribution in [0.3, 0.4) is 0 Å². The molecule has 2 N–H and O–H groups in total. The number of hydrogen-bond donors (Lipinski definition) is 2. The third-order valence-corrected chi connectivity index (χ3v) is 2.25. The van der Waals surface area contributed by atoms with Gasteiger partial charge in [-0.2, -0.15) is 0 Å². The molecule has 1 atom stereocenters. The summed E-state index contributed by atoms with van der Waals surface area (Å²) >= 11 is 0. The molecule has 0 aliphatic carbocycles. The predicted molar refractivity (Wildman–Crippen MR) is 62.8 cm³/mol. The van der Waals surface area contributed by atoms with Gasteiger partial charge < -0.3 is 10.6 Å². The lowest BCUT2D eigenvalue weighted by Gasteiger charge is -2.17. The van der Waals surface area contributed by atoms with Crippen molar-refractivity contribution < 1.29 is 4.79 Å². The van der Waals surface area contributed by atoms with Gasteiger partial charge in [0.05, 0.1) is 0 Å². The average molecular weight is 206 g/mol. The Bertz CT molecular complexity index is 336. The first-order chi connectivity index (χ1) is 7.15. The van der Waals surface area contributed by atoms with E-state index < -0.39 is 0 Å². The Morgan fingerprint density at radius 3 is 2.67 bits per heavy atom. The van der Waals surface area contributed by atoms with Crippen LogP contribution in [-0.2, 0) is 4.79 Å². The Balaban J connectivity index is 2.89. The molecule has 1 amide bonds. The molecule has 0 heterocycles. The summed E-state index contributed by atoms with van der Waals surface area (Å²) in [5.41, 5.74) is 2.01. The van der Waals surface area contributed by atoms with E-state index in [9.17, 15) is 4.79 Å². The minimum absolute atomic E-state index is 0.0360. The molecule has 1 aromatic carbocycles. The van der Waals surface area contributed by atoms with E-state index in [-0.39, 0.29) is 11.9 Å². The maximum atomic E-state index is 11.0. The number of benzene rings is 1. The van der Waals surface area contributed by atoms with Crippen LogP contribution < -0.4 is 10.6 Å². The van der Waals surface area contributed by atoms with Gasteiger partial charge in [0.25, 0.3) is 0 Å². The molecule has 3 nitrogen and oxygen atoms in total. The molecule has 15 heavy (non-hydrogen) atoms. The van der Waals surface area contributed by atoms with E-state index in [1.54, 1.807) is 0 Å². The maximum absolute atomic E-state index is 11.0. The Morgan fingerprint density at radius 1 is 1.40 bits per heavy atom. The summed E-state index contributed by atoms with van der Waals surface area (Å²) in [6.07, 6.45) is 0. The highest BCUT2D eigenvalue weighted by Gasteiger charge is 2.09. The van der Waals surface area contributed by atoms with Crippen LogP contribution >= 0.6 is 0 Å². The fourth-order valence-electron chi connectivity index (χ4n) is 1.59. The molecule has 0 saturated carbocycles. The highest BCUT2D eigenvalue weighted by Crippen LogP contribution is 2.22. The first kappa shape index (κ1) is 11.7.